The van der Waals surface area contributed by atoms with Crippen LogP contribution in [-0.2, 0) is 29.5 Å². The molecule has 1 N–H and O–H groups in total. The topological polar surface area (TPSA) is 84.9 Å². The van der Waals surface area contributed by atoms with Crippen LogP contribution in [0, 0.1) is 13.8 Å². The quantitative estimate of drug-likeness (QED) is 0.537. The first-order valence-electron chi connectivity index (χ1n) is 11.4. The average Bonchev–Trinajstić information content (AvgIpc) is 2.87. The molecule has 1 aliphatic rings. The maximum absolute atomic E-state index is 13.1. The molecule has 1 aliphatic heterocycles. The maximum atomic E-state index is 13.1. The van der Waals surface area contributed by atoms with Gasteiger partial charge in [0.15, 0.2) is 11.5 Å². The molecule has 184 valence electrons. The fraction of sp³-hybridized carbons (Fsp3) is 0.296. The number of aryl methyl sites for hydroxylation is 2. The highest BCUT2D eigenvalue weighted by Crippen LogP contribution is 2.33. The van der Waals surface area contributed by atoms with Crippen LogP contribution in [-0.4, -0.2) is 40.0 Å². The summed E-state index contributed by atoms with van der Waals surface area (Å²) in [4.78, 5) is 15.2. The minimum Gasteiger partial charge on any atom is -0.493 e. The molecule has 35 heavy (non-hydrogen) atoms. The van der Waals surface area contributed by atoms with Crippen molar-refractivity contribution in [3.8, 4) is 11.5 Å². The van der Waals surface area contributed by atoms with Crippen molar-refractivity contribution in [3.63, 3.8) is 0 Å². The van der Waals surface area contributed by atoms with E-state index in [9.17, 15) is 13.2 Å². The van der Waals surface area contributed by atoms with E-state index in [2.05, 4.69) is 4.72 Å². The summed E-state index contributed by atoms with van der Waals surface area (Å²) in [5.41, 5.74) is 5.11. The second-order valence-electron chi connectivity index (χ2n) is 8.74. The Morgan fingerprint density at radius 3 is 2.26 bits per heavy atom. The number of sulfonamides is 1. The van der Waals surface area contributed by atoms with Crippen molar-refractivity contribution < 1.29 is 22.7 Å². The maximum Gasteiger partial charge on any atom is 0.254 e. The van der Waals surface area contributed by atoms with Gasteiger partial charge in [0.2, 0.25) is 10.0 Å². The lowest BCUT2D eigenvalue weighted by Crippen LogP contribution is -2.36. The van der Waals surface area contributed by atoms with Crippen LogP contribution in [0.3, 0.4) is 0 Å². The van der Waals surface area contributed by atoms with Crippen molar-refractivity contribution in [2.75, 3.05) is 20.8 Å². The molecule has 0 bridgehead atoms. The van der Waals surface area contributed by atoms with E-state index in [0.717, 1.165) is 28.7 Å². The van der Waals surface area contributed by atoms with Crippen LogP contribution in [0.15, 0.2) is 59.5 Å². The summed E-state index contributed by atoms with van der Waals surface area (Å²) < 4.78 is 39.0. The van der Waals surface area contributed by atoms with E-state index in [1.807, 2.05) is 30.0 Å². The standard InChI is InChI=1S/C27H30N2O5S/c1-18-5-6-19(2)26(13-18)35(31,32)28-16-20-7-9-21(10-8-20)27(30)29-12-11-22-14-24(33-3)25(34-4)15-23(22)17-29/h5-10,13-15,28H,11-12,16-17H2,1-4H3. The second-order valence-corrected chi connectivity index (χ2v) is 10.5. The molecule has 0 unspecified atom stereocenters. The minimum absolute atomic E-state index is 0.0621. The van der Waals surface area contributed by atoms with Gasteiger partial charge in [0.25, 0.3) is 5.91 Å². The van der Waals surface area contributed by atoms with Crippen LogP contribution in [0.5, 0.6) is 11.5 Å². The molecule has 3 aromatic rings. The predicted molar refractivity (Wildman–Crippen MR) is 134 cm³/mol. The number of carbonyl (C=O) groups is 1. The zero-order valence-electron chi connectivity index (χ0n) is 20.4. The molecule has 0 saturated heterocycles. The van der Waals surface area contributed by atoms with Gasteiger partial charge in [-0.2, -0.15) is 0 Å². The molecule has 1 amide bonds. The van der Waals surface area contributed by atoms with Gasteiger partial charge >= 0.3 is 0 Å². The Balaban J connectivity index is 1.43. The smallest absolute Gasteiger partial charge is 0.254 e. The minimum atomic E-state index is -3.64. The normalized spacial score (nSPS) is 13.3. The summed E-state index contributed by atoms with van der Waals surface area (Å²) in [6.07, 6.45) is 0.736. The van der Waals surface area contributed by atoms with E-state index in [1.54, 1.807) is 57.5 Å². The Hall–Kier alpha value is -3.36. The molecule has 4 rings (SSSR count). The average molecular weight is 495 g/mol. The fourth-order valence-electron chi connectivity index (χ4n) is 4.26. The first-order chi connectivity index (χ1) is 16.7. The number of benzene rings is 3. The number of fused-ring (bicyclic) bond motifs is 1. The molecule has 0 aliphatic carbocycles. The van der Waals surface area contributed by atoms with Gasteiger partial charge in [-0.25, -0.2) is 13.1 Å². The van der Waals surface area contributed by atoms with Crippen LogP contribution in [0.25, 0.3) is 0 Å². The molecule has 8 heteroatoms. The molecule has 0 saturated carbocycles. The number of carbonyl (C=O) groups excluding carboxylic acids is 1. The molecular weight excluding hydrogens is 464 g/mol. The Kier molecular flexibility index (Phi) is 7.14. The van der Waals surface area contributed by atoms with Crippen molar-refractivity contribution in [1.82, 2.24) is 9.62 Å². The second kappa shape index (κ2) is 10.1. The molecule has 0 aromatic heterocycles. The summed E-state index contributed by atoms with van der Waals surface area (Å²) in [6.45, 7) is 4.88. The van der Waals surface area contributed by atoms with Crippen molar-refractivity contribution >= 4 is 15.9 Å². The first-order valence-corrected chi connectivity index (χ1v) is 12.9. The van der Waals surface area contributed by atoms with E-state index in [0.29, 0.717) is 35.7 Å². The van der Waals surface area contributed by atoms with Crippen LogP contribution < -0.4 is 14.2 Å². The van der Waals surface area contributed by atoms with Gasteiger partial charge in [-0.1, -0.05) is 24.3 Å². The summed E-state index contributed by atoms with van der Waals surface area (Å²) in [6, 6.07) is 16.3. The van der Waals surface area contributed by atoms with Crippen LogP contribution >= 0.6 is 0 Å². The number of nitrogens with one attached hydrogen (secondary N) is 1. The molecule has 3 aromatic carbocycles. The number of hydrogen-bond acceptors (Lipinski definition) is 5. The van der Waals surface area contributed by atoms with Gasteiger partial charge in [-0.05, 0) is 78.4 Å². The third kappa shape index (κ3) is 5.33. The van der Waals surface area contributed by atoms with E-state index in [1.165, 1.54) is 0 Å². The molecule has 7 nitrogen and oxygen atoms in total. The van der Waals surface area contributed by atoms with Gasteiger partial charge in [0.1, 0.15) is 0 Å². The summed E-state index contributed by atoms with van der Waals surface area (Å²) in [5, 5.41) is 0. The van der Waals surface area contributed by atoms with E-state index in [4.69, 9.17) is 9.47 Å². The highest BCUT2D eigenvalue weighted by molar-refractivity contribution is 7.89. The van der Waals surface area contributed by atoms with E-state index < -0.39 is 10.0 Å². The largest absolute Gasteiger partial charge is 0.493 e. The van der Waals surface area contributed by atoms with Crippen molar-refractivity contribution in [2.45, 2.75) is 38.3 Å². The molecule has 0 spiro atoms. The van der Waals surface area contributed by atoms with E-state index in [-0.39, 0.29) is 17.3 Å². The SMILES string of the molecule is COc1cc2c(cc1OC)CN(C(=O)c1ccc(CNS(=O)(=O)c3cc(C)ccc3C)cc1)CC2. The van der Waals surface area contributed by atoms with Crippen LogP contribution in [0.1, 0.15) is 38.2 Å². The Morgan fingerprint density at radius 2 is 1.60 bits per heavy atom. The third-order valence-corrected chi connectivity index (χ3v) is 7.85. The Morgan fingerprint density at radius 1 is 0.943 bits per heavy atom. The first kappa shape index (κ1) is 24.8. The summed E-state index contributed by atoms with van der Waals surface area (Å²) in [7, 11) is -0.430. The van der Waals surface area contributed by atoms with Gasteiger partial charge < -0.3 is 14.4 Å². The number of hydrogen-bond donors (Lipinski definition) is 1. The lowest BCUT2D eigenvalue weighted by Gasteiger charge is -2.29. The van der Waals surface area contributed by atoms with Crippen molar-refractivity contribution in [1.29, 1.82) is 0 Å². The van der Waals surface area contributed by atoms with E-state index >= 15 is 0 Å². The zero-order valence-corrected chi connectivity index (χ0v) is 21.2. The lowest BCUT2D eigenvalue weighted by molar-refractivity contribution is 0.0734. The highest BCUT2D eigenvalue weighted by Gasteiger charge is 2.24. The number of methoxy groups -OCH3 is 2. The molecule has 0 atom stereocenters. The van der Waals surface area contributed by atoms with Crippen LogP contribution in [0.4, 0.5) is 0 Å². The molecule has 1 heterocycles. The number of amides is 1. The van der Waals surface area contributed by atoms with Crippen molar-refractivity contribution in [2.24, 2.45) is 0 Å². The van der Waals surface area contributed by atoms with Crippen molar-refractivity contribution in [3.05, 3.63) is 88.0 Å². The lowest BCUT2D eigenvalue weighted by atomic mass is 9.98. The number of nitrogens with zero attached hydrogens (tertiary/aromatic N) is 1. The third-order valence-electron chi connectivity index (χ3n) is 6.31. The molecule has 0 fully saturated rings. The zero-order chi connectivity index (χ0) is 25.2. The van der Waals surface area contributed by atoms with Gasteiger partial charge in [-0.3, -0.25) is 4.79 Å². The summed E-state index contributed by atoms with van der Waals surface area (Å²) in [5.74, 6) is 1.27. The molecule has 0 radical (unpaired) electrons. The number of rotatable bonds is 7. The van der Waals surface area contributed by atoms with Gasteiger partial charge in [-0.15, -0.1) is 0 Å². The van der Waals surface area contributed by atoms with Crippen LogP contribution in [0.2, 0.25) is 0 Å². The van der Waals surface area contributed by atoms with Gasteiger partial charge in [0.05, 0.1) is 19.1 Å². The summed E-state index contributed by atoms with van der Waals surface area (Å²) >= 11 is 0. The monoisotopic (exact) mass is 494 g/mol. The Bertz CT molecular complexity index is 1350. The number of ether oxygens (including phenoxy) is 2. The highest BCUT2D eigenvalue weighted by atomic mass is 32.2. The Labute approximate surface area is 206 Å². The van der Waals surface area contributed by atoms with Gasteiger partial charge in [0, 0.05) is 25.2 Å². The fourth-order valence-corrected chi connectivity index (χ4v) is 5.60. The predicted octanol–water partition coefficient (Wildman–Crippen LogP) is 4.00. The molecular formula is C27H30N2O5S.